The van der Waals surface area contributed by atoms with Crippen LogP contribution in [0.2, 0.25) is 0 Å². The maximum absolute atomic E-state index is 13.7. The van der Waals surface area contributed by atoms with Crippen LogP contribution in [0.3, 0.4) is 0 Å². The third-order valence-corrected chi connectivity index (χ3v) is 9.53. The second-order valence-electron chi connectivity index (χ2n) is 12.8. The Hall–Kier alpha value is -5.02. The molecule has 246 valence electrons. The van der Waals surface area contributed by atoms with Crippen LogP contribution in [0, 0.1) is 5.92 Å². The number of amidine groups is 1. The molecule has 0 saturated carbocycles. The van der Waals surface area contributed by atoms with Gasteiger partial charge in [-0.3, -0.25) is 4.68 Å². The number of carbonyl (C=O) groups excluding carboxylic acids is 1. The van der Waals surface area contributed by atoms with Crippen molar-refractivity contribution >= 4 is 28.8 Å². The van der Waals surface area contributed by atoms with E-state index in [0.717, 1.165) is 71.8 Å². The molecule has 4 aromatic rings. The number of hydrogen-bond acceptors (Lipinski definition) is 10. The molecule has 0 radical (unpaired) electrons. The molecule has 3 atom stereocenters. The van der Waals surface area contributed by atoms with Crippen molar-refractivity contribution in [3.05, 3.63) is 65.9 Å². The third kappa shape index (κ3) is 5.87. The fraction of sp³-hybridized carbons (Fsp3) is 0.438. The quantitative estimate of drug-likeness (QED) is 0.188. The van der Waals surface area contributed by atoms with Crippen LogP contribution < -0.4 is 37.1 Å². The second kappa shape index (κ2) is 12.3. The first-order valence-electron chi connectivity index (χ1n) is 16.1. The number of nitrogens with one attached hydrogen (secondary N) is 3. The number of piperidine rings is 2. The number of aromatic nitrogens is 7. The summed E-state index contributed by atoms with van der Waals surface area (Å²) in [5, 5.41) is 20.9. The van der Waals surface area contributed by atoms with Crippen molar-refractivity contribution < 1.29 is 9.48 Å². The molecule has 0 bridgehead atoms. The van der Waals surface area contributed by atoms with Gasteiger partial charge in [-0.05, 0) is 45.2 Å². The first-order valence-corrected chi connectivity index (χ1v) is 16.1. The number of aliphatic imine (C=N–C) groups is 1. The van der Waals surface area contributed by atoms with E-state index in [4.69, 9.17) is 16.5 Å². The van der Waals surface area contributed by atoms with E-state index in [0.29, 0.717) is 36.2 Å². The number of anilines is 1. The predicted octanol–water partition coefficient (Wildman–Crippen LogP) is 0.501. The molecular weight excluding hydrogens is 596 g/mol. The number of aryl methyl sites for hydroxylation is 2. The van der Waals surface area contributed by atoms with Crippen molar-refractivity contribution in [2.75, 3.05) is 37.4 Å². The third-order valence-electron chi connectivity index (χ3n) is 9.53. The van der Waals surface area contributed by atoms with Gasteiger partial charge < -0.3 is 27.4 Å². The van der Waals surface area contributed by atoms with Gasteiger partial charge in [0.15, 0.2) is 5.65 Å². The van der Waals surface area contributed by atoms with Gasteiger partial charge in [-0.15, -0.1) is 5.01 Å². The lowest BCUT2D eigenvalue weighted by molar-refractivity contribution is -0.752. The van der Waals surface area contributed by atoms with Gasteiger partial charge >= 0.3 is 5.91 Å². The molecule has 3 aliphatic heterocycles. The first kappa shape index (κ1) is 30.6. The van der Waals surface area contributed by atoms with Crippen LogP contribution in [0.1, 0.15) is 49.8 Å². The second-order valence-corrected chi connectivity index (χ2v) is 12.8. The van der Waals surface area contributed by atoms with E-state index in [1.807, 2.05) is 61.2 Å². The Labute approximate surface area is 273 Å². The Morgan fingerprint density at radius 2 is 1.96 bits per heavy atom. The van der Waals surface area contributed by atoms with Gasteiger partial charge in [0.05, 0.1) is 24.3 Å². The zero-order valence-electron chi connectivity index (χ0n) is 27.3. The molecule has 15 heteroatoms. The molecule has 47 heavy (non-hydrogen) atoms. The maximum Gasteiger partial charge on any atom is 0.344 e. The number of nitrogens with zero attached hydrogens (tertiary/aromatic N) is 9. The highest BCUT2D eigenvalue weighted by atomic mass is 16.2. The van der Waals surface area contributed by atoms with E-state index in [1.165, 1.54) is 0 Å². The molecule has 0 spiro atoms. The van der Waals surface area contributed by atoms with Gasteiger partial charge in [0.1, 0.15) is 43.8 Å². The Bertz CT molecular complexity index is 1910. The average molecular weight is 640 g/mol. The molecule has 2 saturated heterocycles. The van der Waals surface area contributed by atoms with Crippen molar-refractivity contribution in [1.29, 1.82) is 0 Å². The van der Waals surface area contributed by atoms with Crippen LogP contribution in [-0.2, 0) is 18.9 Å². The number of hydrogen-bond donors (Lipinski definition) is 5. The van der Waals surface area contributed by atoms with Crippen LogP contribution in [0.4, 0.5) is 5.82 Å². The summed E-state index contributed by atoms with van der Waals surface area (Å²) >= 11 is 0. The summed E-state index contributed by atoms with van der Waals surface area (Å²) in [6.07, 6.45) is 15.1. The summed E-state index contributed by atoms with van der Waals surface area (Å²) < 4.78 is 5.30. The summed E-state index contributed by atoms with van der Waals surface area (Å²) in [7, 11) is 5.59. The molecule has 0 aliphatic carbocycles. The van der Waals surface area contributed by atoms with Gasteiger partial charge in [0, 0.05) is 72.2 Å². The van der Waals surface area contributed by atoms with Gasteiger partial charge in [-0.25, -0.2) is 14.8 Å². The SMILES string of the molecule is CC(=C1N=C(N)C=C([C@H]2CCCNC2)N1)c1cn(N(C)C(=O)[C@@H]2CC[C@H](c3cc(N)n4ncc(-c5cnn(C)c5)c4n3)CN2)[n+](C)c1. The van der Waals surface area contributed by atoms with E-state index in [2.05, 4.69) is 31.1 Å². The highest BCUT2D eigenvalue weighted by molar-refractivity contribution is 5.94. The van der Waals surface area contributed by atoms with E-state index >= 15 is 0 Å². The van der Waals surface area contributed by atoms with Gasteiger partial charge in [0.2, 0.25) is 0 Å². The molecular formula is C32H43N14O+. The van der Waals surface area contributed by atoms with Crippen molar-refractivity contribution in [1.82, 2.24) is 45.1 Å². The Morgan fingerprint density at radius 3 is 2.68 bits per heavy atom. The van der Waals surface area contributed by atoms with E-state index in [9.17, 15) is 4.79 Å². The van der Waals surface area contributed by atoms with Crippen LogP contribution >= 0.6 is 0 Å². The van der Waals surface area contributed by atoms with E-state index < -0.39 is 0 Å². The number of fused-ring (bicyclic) bond motifs is 1. The van der Waals surface area contributed by atoms with Crippen LogP contribution in [0.15, 0.2) is 59.6 Å². The highest BCUT2D eigenvalue weighted by Gasteiger charge is 2.34. The van der Waals surface area contributed by atoms with Gasteiger partial charge in [-0.2, -0.15) is 19.4 Å². The van der Waals surface area contributed by atoms with Gasteiger partial charge in [0.25, 0.3) is 0 Å². The number of carbonyl (C=O) groups is 1. The lowest BCUT2D eigenvalue weighted by Gasteiger charge is -2.29. The molecule has 0 aromatic carbocycles. The predicted molar refractivity (Wildman–Crippen MR) is 179 cm³/mol. The lowest BCUT2D eigenvalue weighted by atomic mass is 9.91. The fourth-order valence-corrected chi connectivity index (χ4v) is 6.80. The highest BCUT2D eigenvalue weighted by Crippen LogP contribution is 2.30. The Balaban J connectivity index is 1.03. The number of nitrogen functional groups attached to an aromatic ring is 1. The Morgan fingerprint density at radius 1 is 1.11 bits per heavy atom. The molecule has 1 amide bonds. The molecule has 4 aromatic heterocycles. The lowest BCUT2D eigenvalue weighted by Crippen LogP contribution is -2.57. The van der Waals surface area contributed by atoms with Crippen molar-refractivity contribution in [3.8, 4) is 11.1 Å². The maximum atomic E-state index is 13.7. The summed E-state index contributed by atoms with van der Waals surface area (Å²) in [6.45, 7) is 4.60. The van der Waals surface area contributed by atoms with E-state index in [1.54, 1.807) is 33.6 Å². The minimum atomic E-state index is -0.329. The van der Waals surface area contributed by atoms with Crippen molar-refractivity contribution in [2.24, 2.45) is 30.7 Å². The number of amides is 1. The molecule has 3 aliphatic rings. The molecule has 7 rings (SSSR count). The Kier molecular flexibility index (Phi) is 8.01. The summed E-state index contributed by atoms with van der Waals surface area (Å²) in [6, 6.07) is 1.56. The molecule has 2 fully saturated rings. The summed E-state index contributed by atoms with van der Waals surface area (Å²) in [5.74, 6) is 2.21. The monoisotopic (exact) mass is 639 g/mol. The molecule has 7 heterocycles. The van der Waals surface area contributed by atoms with Crippen LogP contribution in [0.5, 0.6) is 0 Å². The van der Waals surface area contributed by atoms with Crippen molar-refractivity contribution in [3.63, 3.8) is 0 Å². The zero-order valence-corrected chi connectivity index (χ0v) is 27.3. The van der Waals surface area contributed by atoms with Gasteiger partial charge in [-0.1, -0.05) is 4.79 Å². The normalized spacial score (nSPS) is 22.9. The number of likely N-dealkylation sites (N-methyl/N-ethyl adjacent to an activating group) is 1. The topological polar surface area (TPSA) is 178 Å². The van der Waals surface area contributed by atoms with Crippen LogP contribution in [-0.4, -0.2) is 73.6 Å². The van der Waals surface area contributed by atoms with E-state index in [-0.39, 0.29) is 17.9 Å². The summed E-state index contributed by atoms with van der Waals surface area (Å²) in [4.78, 5) is 25.1. The number of nitrogens with two attached hydrogens (primary N) is 2. The summed E-state index contributed by atoms with van der Waals surface area (Å²) in [5.41, 5.74) is 19.0. The smallest absolute Gasteiger partial charge is 0.344 e. The molecule has 0 unspecified atom stereocenters. The first-order chi connectivity index (χ1) is 22.7. The number of allylic oxidation sites excluding steroid dienone is 1. The van der Waals surface area contributed by atoms with Crippen molar-refractivity contribution in [2.45, 2.75) is 44.6 Å². The zero-order chi connectivity index (χ0) is 32.8. The average Bonchev–Trinajstić information content (AvgIpc) is 3.82. The largest absolute Gasteiger partial charge is 0.384 e. The molecule has 15 nitrogen and oxygen atoms in total. The number of rotatable bonds is 6. The standard InChI is InChI=1S/C32H43N14O/c1-19(30-39-26(10-28(33)41-30)20-6-5-9-35-12-20)23-17-43(3)45(18-23)44(4)32(47)25-8-7-21(13-36-25)27-11-29(34)46-31(40-27)24(15-38-46)22-14-37-42(2)16-22/h10-11,14-18,20-21,25,35-36,39H,5-9,12-13,34H2,1-4H3,(H2,33,41)/q+1/t20-,21-,25-/m0/s1. The minimum absolute atomic E-state index is 0.0165. The molecule has 7 N–H and O–H groups in total. The van der Waals surface area contributed by atoms with Crippen LogP contribution in [0.25, 0.3) is 22.3 Å². The fourth-order valence-electron chi connectivity index (χ4n) is 6.80. The minimum Gasteiger partial charge on any atom is -0.384 e.